The molecule has 2 rings (SSSR count). The number of piperazine rings is 1. The summed E-state index contributed by atoms with van der Waals surface area (Å²) in [6.45, 7) is 11.8. The summed E-state index contributed by atoms with van der Waals surface area (Å²) in [5, 5.41) is 6.36. The third-order valence-electron chi connectivity index (χ3n) is 4.23. The minimum absolute atomic E-state index is 0.0580. The summed E-state index contributed by atoms with van der Waals surface area (Å²) < 4.78 is 0. The van der Waals surface area contributed by atoms with Gasteiger partial charge in [0.25, 0.3) is 0 Å². The van der Waals surface area contributed by atoms with Crippen LogP contribution in [0.2, 0.25) is 0 Å². The van der Waals surface area contributed by atoms with E-state index in [0.717, 1.165) is 31.9 Å². The molecular weight excluding hydrogens is 250 g/mol. The van der Waals surface area contributed by atoms with E-state index in [1.54, 1.807) is 0 Å². The van der Waals surface area contributed by atoms with Gasteiger partial charge in [0.1, 0.15) is 0 Å². The second-order valence-electron chi connectivity index (χ2n) is 6.05. The molecule has 0 radical (unpaired) electrons. The number of carbonyl (C=O) groups excluding carboxylic acids is 1. The average Bonchev–Trinajstić information content (AvgIpc) is 2.44. The van der Waals surface area contributed by atoms with Crippen LogP contribution >= 0.6 is 0 Å². The van der Waals surface area contributed by atoms with Crippen LogP contribution in [0.15, 0.2) is 18.2 Å². The third-order valence-corrected chi connectivity index (χ3v) is 4.23. The summed E-state index contributed by atoms with van der Waals surface area (Å²) in [6.07, 6.45) is 0. The summed E-state index contributed by atoms with van der Waals surface area (Å²) in [5.74, 6) is 0.0580. The zero-order valence-corrected chi connectivity index (χ0v) is 12.9. The molecule has 20 heavy (non-hydrogen) atoms. The van der Waals surface area contributed by atoms with Crippen molar-refractivity contribution in [1.29, 1.82) is 0 Å². The van der Waals surface area contributed by atoms with E-state index in [2.05, 4.69) is 29.4 Å². The largest absolute Gasteiger partial charge is 0.324 e. The van der Waals surface area contributed by atoms with Crippen LogP contribution in [0, 0.1) is 13.8 Å². The van der Waals surface area contributed by atoms with Crippen LogP contribution in [0.25, 0.3) is 0 Å². The predicted molar refractivity (Wildman–Crippen MR) is 83.1 cm³/mol. The van der Waals surface area contributed by atoms with Crippen molar-refractivity contribution in [3.05, 3.63) is 29.3 Å². The number of nitrogens with one attached hydrogen (secondary N) is 2. The van der Waals surface area contributed by atoms with Crippen LogP contribution in [0.4, 0.5) is 5.69 Å². The second-order valence-corrected chi connectivity index (χ2v) is 6.05. The Hall–Kier alpha value is -1.39. The van der Waals surface area contributed by atoms with Crippen molar-refractivity contribution >= 4 is 11.6 Å². The quantitative estimate of drug-likeness (QED) is 0.886. The molecule has 4 nitrogen and oxygen atoms in total. The minimum Gasteiger partial charge on any atom is -0.324 e. The molecule has 0 spiro atoms. The molecule has 1 aliphatic rings. The number of nitrogens with zero attached hydrogens (tertiary/aromatic N) is 1. The molecule has 1 saturated heterocycles. The summed E-state index contributed by atoms with van der Waals surface area (Å²) in [7, 11) is 0. The number of carbonyl (C=O) groups is 1. The van der Waals surface area contributed by atoms with Crippen molar-refractivity contribution < 1.29 is 4.79 Å². The average molecular weight is 275 g/mol. The molecule has 0 atom stereocenters. The van der Waals surface area contributed by atoms with Gasteiger partial charge in [-0.25, -0.2) is 0 Å². The van der Waals surface area contributed by atoms with Gasteiger partial charge in [0, 0.05) is 31.9 Å². The zero-order valence-electron chi connectivity index (χ0n) is 12.9. The first-order valence-electron chi connectivity index (χ1n) is 7.26. The van der Waals surface area contributed by atoms with Crippen LogP contribution in [-0.2, 0) is 4.79 Å². The number of hydrogen-bond acceptors (Lipinski definition) is 3. The molecule has 2 N–H and O–H groups in total. The van der Waals surface area contributed by atoms with Crippen LogP contribution in [0.5, 0.6) is 0 Å². The topological polar surface area (TPSA) is 44.4 Å². The Labute approximate surface area is 121 Å². The fourth-order valence-electron chi connectivity index (χ4n) is 2.47. The lowest BCUT2D eigenvalue weighted by Crippen LogP contribution is -2.58. The summed E-state index contributed by atoms with van der Waals surface area (Å²) >= 11 is 0. The monoisotopic (exact) mass is 275 g/mol. The number of hydrogen-bond donors (Lipinski definition) is 2. The van der Waals surface area contributed by atoms with Gasteiger partial charge in [-0.3, -0.25) is 9.69 Å². The van der Waals surface area contributed by atoms with E-state index in [1.807, 2.05) is 32.0 Å². The van der Waals surface area contributed by atoms with Gasteiger partial charge in [0.15, 0.2) is 0 Å². The highest BCUT2D eigenvalue weighted by atomic mass is 16.2. The molecule has 110 valence electrons. The van der Waals surface area contributed by atoms with E-state index >= 15 is 0 Å². The van der Waals surface area contributed by atoms with E-state index in [0.29, 0.717) is 0 Å². The molecule has 1 heterocycles. The highest BCUT2D eigenvalue weighted by Gasteiger charge is 2.35. The first-order valence-corrected chi connectivity index (χ1v) is 7.26. The zero-order chi connectivity index (χ0) is 14.8. The van der Waals surface area contributed by atoms with E-state index in [4.69, 9.17) is 0 Å². The van der Waals surface area contributed by atoms with Crippen LogP contribution in [0.1, 0.15) is 25.0 Å². The van der Waals surface area contributed by atoms with Crippen LogP contribution in [0.3, 0.4) is 0 Å². The van der Waals surface area contributed by atoms with E-state index < -0.39 is 5.54 Å². The minimum atomic E-state index is -0.485. The highest BCUT2D eigenvalue weighted by molar-refractivity contribution is 5.97. The molecule has 4 heteroatoms. The smallest absolute Gasteiger partial charge is 0.244 e. The molecule has 1 fully saturated rings. The number of rotatable bonds is 3. The maximum Gasteiger partial charge on any atom is 0.244 e. The summed E-state index contributed by atoms with van der Waals surface area (Å²) in [6, 6.07) is 6.04. The third kappa shape index (κ3) is 3.19. The summed E-state index contributed by atoms with van der Waals surface area (Å²) in [5.41, 5.74) is 2.83. The van der Waals surface area contributed by atoms with Gasteiger partial charge in [0.05, 0.1) is 5.54 Å². The highest BCUT2D eigenvalue weighted by Crippen LogP contribution is 2.20. The maximum atomic E-state index is 12.6. The number of benzene rings is 1. The van der Waals surface area contributed by atoms with Crippen molar-refractivity contribution in [2.24, 2.45) is 0 Å². The van der Waals surface area contributed by atoms with Crippen molar-refractivity contribution in [2.75, 3.05) is 31.5 Å². The first-order chi connectivity index (χ1) is 9.41. The fourth-order valence-corrected chi connectivity index (χ4v) is 2.47. The Balaban J connectivity index is 2.07. The molecule has 0 unspecified atom stereocenters. The van der Waals surface area contributed by atoms with Crippen molar-refractivity contribution in [2.45, 2.75) is 33.2 Å². The van der Waals surface area contributed by atoms with Gasteiger partial charge < -0.3 is 10.6 Å². The Morgan fingerprint density at radius 1 is 1.20 bits per heavy atom. The Bertz CT molecular complexity index is 490. The molecule has 1 aliphatic heterocycles. The predicted octanol–water partition coefficient (Wildman–Crippen LogP) is 1.93. The van der Waals surface area contributed by atoms with Gasteiger partial charge in [-0.2, -0.15) is 0 Å². The molecule has 1 amide bonds. The number of aryl methyl sites for hydroxylation is 2. The Kier molecular flexibility index (Phi) is 4.45. The van der Waals surface area contributed by atoms with Crippen molar-refractivity contribution in [3.8, 4) is 0 Å². The summed E-state index contributed by atoms with van der Waals surface area (Å²) in [4.78, 5) is 14.8. The number of amides is 1. The molecule has 1 aromatic carbocycles. The van der Waals surface area contributed by atoms with E-state index in [1.165, 1.54) is 11.1 Å². The molecule has 1 aromatic rings. The van der Waals surface area contributed by atoms with Gasteiger partial charge in [0.2, 0.25) is 5.91 Å². The van der Waals surface area contributed by atoms with Crippen LogP contribution < -0.4 is 10.6 Å². The molecule has 0 aromatic heterocycles. The normalized spacial score (nSPS) is 17.0. The first kappa shape index (κ1) is 15.0. The fraction of sp³-hybridized carbons (Fsp3) is 0.562. The maximum absolute atomic E-state index is 12.6. The van der Waals surface area contributed by atoms with E-state index in [9.17, 15) is 4.79 Å². The lowest BCUT2D eigenvalue weighted by molar-refractivity contribution is -0.126. The lowest BCUT2D eigenvalue weighted by atomic mass is 10.00. The Morgan fingerprint density at radius 3 is 2.45 bits per heavy atom. The Morgan fingerprint density at radius 2 is 1.85 bits per heavy atom. The molecule has 0 saturated carbocycles. The van der Waals surface area contributed by atoms with Crippen molar-refractivity contribution in [3.63, 3.8) is 0 Å². The second kappa shape index (κ2) is 5.94. The lowest BCUT2D eigenvalue weighted by Gasteiger charge is -2.39. The standard InChI is InChI=1S/C16H25N3O/c1-12-5-6-14(11-13(12)2)18-15(20)16(3,4)19-9-7-17-8-10-19/h5-6,11,17H,7-10H2,1-4H3,(H,18,20). The van der Waals surface area contributed by atoms with Gasteiger partial charge in [-0.05, 0) is 51.0 Å². The SMILES string of the molecule is Cc1ccc(NC(=O)C(C)(C)N2CCNCC2)cc1C. The molecule has 0 bridgehead atoms. The molecule has 0 aliphatic carbocycles. The van der Waals surface area contributed by atoms with Gasteiger partial charge in [-0.15, -0.1) is 0 Å². The van der Waals surface area contributed by atoms with Gasteiger partial charge in [-0.1, -0.05) is 6.07 Å². The number of anilines is 1. The van der Waals surface area contributed by atoms with Crippen LogP contribution in [-0.4, -0.2) is 42.5 Å². The van der Waals surface area contributed by atoms with Crippen molar-refractivity contribution in [1.82, 2.24) is 10.2 Å². The van der Waals surface area contributed by atoms with E-state index in [-0.39, 0.29) is 5.91 Å². The van der Waals surface area contributed by atoms with Gasteiger partial charge >= 0.3 is 0 Å². The molecular formula is C16H25N3O.